The first-order chi connectivity index (χ1) is 9.61. The van der Waals surface area contributed by atoms with Crippen LogP contribution in [0.3, 0.4) is 0 Å². The van der Waals surface area contributed by atoms with Gasteiger partial charge in [0.25, 0.3) is 0 Å². The number of carbonyl (C=O) groups is 1. The van der Waals surface area contributed by atoms with Gasteiger partial charge in [-0.05, 0) is 13.0 Å². The Morgan fingerprint density at radius 3 is 2.75 bits per heavy atom. The summed E-state index contributed by atoms with van der Waals surface area (Å²) in [5.74, 6) is -0.284. The average Bonchev–Trinajstić information content (AvgIpc) is 2.87. The molecule has 2 aromatic rings. The largest absolute Gasteiger partial charge is 0.477 e. The molecule has 0 unspecified atom stereocenters. The first-order valence-electron chi connectivity index (χ1n) is 6.08. The molecular formula is C13H12N2O5. The second kappa shape index (κ2) is 4.44. The Labute approximate surface area is 113 Å². The number of ether oxygens (including phenoxy) is 2. The number of hydrogen-bond acceptors (Lipinski definition) is 5. The lowest BCUT2D eigenvalue weighted by atomic mass is 10.1. The molecule has 2 heterocycles. The zero-order valence-corrected chi connectivity index (χ0v) is 10.7. The van der Waals surface area contributed by atoms with E-state index in [0.717, 1.165) is 0 Å². The predicted octanol–water partition coefficient (Wildman–Crippen LogP) is 0.992. The van der Waals surface area contributed by atoms with Crippen LogP contribution in [0.15, 0.2) is 23.1 Å². The van der Waals surface area contributed by atoms with Gasteiger partial charge in [-0.3, -0.25) is 9.47 Å². The molecule has 3 rings (SSSR count). The SMILES string of the molecule is CCNn1cc(C(=O)O)c(=O)c2cc3c(cc21)OCO3. The highest BCUT2D eigenvalue weighted by molar-refractivity contribution is 5.93. The molecule has 1 aliphatic heterocycles. The predicted molar refractivity (Wildman–Crippen MR) is 71.2 cm³/mol. The Hall–Kier alpha value is -2.70. The van der Waals surface area contributed by atoms with Gasteiger partial charge < -0.3 is 20.0 Å². The maximum absolute atomic E-state index is 12.2. The van der Waals surface area contributed by atoms with Crippen molar-refractivity contribution >= 4 is 16.9 Å². The van der Waals surface area contributed by atoms with E-state index in [2.05, 4.69) is 5.43 Å². The van der Waals surface area contributed by atoms with E-state index in [1.165, 1.54) is 16.9 Å². The highest BCUT2D eigenvalue weighted by atomic mass is 16.7. The third kappa shape index (κ3) is 1.75. The van der Waals surface area contributed by atoms with Crippen LogP contribution >= 0.6 is 0 Å². The average molecular weight is 276 g/mol. The van der Waals surface area contributed by atoms with E-state index < -0.39 is 11.4 Å². The van der Waals surface area contributed by atoms with Gasteiger partial charge >= 0.3 is 5.97 Å². The normalized spacial score (nSPS) is 12.7. The van der Waals surface area contributed by atoms with E-state index in [4.69, 9.17) is 14.6 Å². The monoisotopic (exact) mass is 276 g/mol. The van der Waals surface area contributed by atoms with E-state index in [9.17, 15) is 9.59 Å². The number of aromatic nitrogens is 1. The Morgan fingerprint density at radius 1 is 1.40 bits per heavy atom. The fourth-order valence-electron chi connectivity index (χ4n) is 2.17. The first kappa shape index (κ1) is 12.3. The molecule has 0 atom stereocenters. The van der Waals surface area contributed by atoms with Crippen LogP contribution in [0.25, 0.3) is 10.9 Å². The molecule has 2 N–H and O–H groups in total. The van der Waals surface area contributed by atoms with Crippen LogP contribution < -0.4 is 20.3 Å². The van der Waals surface area contributed by atoms with Crippen LogP contribution in [0.4, 0.5) is 0 Å². The summed E-state index contributed by atoms with van der Waals surface area (Å²) in [6.45, 7) is 2.54. The fraction of sp³-hybridized carbons (Fsp3) is 0.231. The van der Waals surface area contributed by atoms with E-state index in [-0.39, 0.29) is 17.7 Å². The summed E-state index contributed by atoms with van der Waals surface area (Å²) in [5, 5.41) is 9.39. The molecule has 0 amide bonds. The smallest absolute Gasteiger partial charge is 0.341 e. The maximum Gasteiger partial charge on any atom is 0.341 e. The van der Waals surface area contributed by atoms with Crippen molar-refractivity contribution in [3.05, 3.63) is 34.1 Å². The number of rotatable bonds is 3. The van der Waals surface area contributed by atoms with Gasteiger partial charge in [-0.1, -0.05) is 0 Å². The number of nitrogens with one attached hydrogen (secondary N) is 1. The molecule has 0 aliphatic carbocycles. The summed E-state index contributed by atoms with van der Waals surface area (Å²) < 4.78 is 12.0. The molecule has 20 heavy (non-hydrogen) atoms. The third-order valence-corrected chi connectivity index (χ3v) is 3.06. The highest BCUT2D eigenvalue weighted by Crippen LogP contribution is 2.34. The standard InChI is InChI=1S/C13H12N2O5/c1-2-14-15-5-8(13(17)18)12(16)7-3-10-11(4-9(7)15)20-6-19-10/h3-5,14H,2,6H2,1H3,(H,17,18). The number of hydrogen-bond donors (Lipinski definition) is 2. The molecule has 1 aromatic heterocycles. The summed E-state index contributed by atoms with van der Waals surface area (Å²) in [6.07, 6.45) is 1.28. The summed E-state index contributed by atoms with van der Waals surface area (Å²) in [7, 11) is 0. The third-order valence-electron chi connectivity index (χ3n) is 3.06. The van der Waals surface area contributed by atoms with Crippen molar-refractivity contribution in [1.82, 2.24) is 4.68 Å². The van der Waals surface area contributed by atoms with Crippen LogP contribution in [0.2, 0.25) is 0 Å². The van der Waals surface area contributed by atoms with Gasteiger partial charge in [0.05, 0.1) is 10.9 Å². The molecule has 0 radical (unpaired) electrons. The van der Waals surface area contributed by atoms with Crippen LogP contribution in [0, 0.1) is 0 Å². The summed E-state index contributed by atoms with van der Waals surface area (Å²) >= 11 is 0. The molecule has 0 saturated carbocycles. The number of pyridine rings is 1. The molecule has 1 aromatic carbocycles. The summed E-state index contributed by atoms with van der Waals surface area (Å²) in [4.78, 5) is 23.4. The first-order valence-corrected chi connectivity index (χ1v) is 6.08. The van der Waals surface area contributed by atoms with Gasteiger partial charge in [-0.15, -0.1) is 0 Å². The number of carboxylic acid groups (broad SMARTS) is 1. The fourth-order valence-corrected chi connectivity index (χ4v) is 2.17. The summed E-state index contributed by atoms with van der Waals surface area (Å²) in [5.41, 5.74) is 2.69. The van der Waals surface area contributed by atoms with Gasteiger partial charge in [0.1, 0.15) is 5.56 Å². The Morgan fingerprint density at radius 2 is 2.10 bits per heavy atom. The second-order valence-corrected chi connectivity index (χ2v) is 4.28. The molecule has 0 saturated heterocycles. The van der Waals surface area contributed by atoms with Crippen molar-refractivity contribution in [2.75, 3.05) is 18.8 Å². The lowest BCUT2D eigenvalue weighted by molar-refractivity contribution is 0.0695. The number of aromatic carboxylic acids is 1. The molecule has 0 fully saturated rings. The van der Waals surface area contributed by atoms with Gasteiger partial charge in [0.2, 0.25) is 12.2 Å². The number of nitrogens with zero attached hydrogens (tertiary/aromatic N) is 1. The van der Waals surface area contributed by atoms with E-state index >= 15 is 0 Å². The van der Waals surface area contributed by atoms with Gasteiger partial charge in [0, 0.05) is 18.8 Å². The molecular weight excluding hydrogens is 264 g/mol. The van der Waals surface area contributed by atoms with Crippen molar-refractivity contribution in [3.8, 4) is 11.5 Å². The zero-order valence-electron chi connectivity index (χ0n) is 10.7. The highest BCUT2D eigenvalue weighted by Gasteiger charge is 2.20. The molecule has 0 spiro atoms. The van der Waals surface area contributed by atoms with Gasteiger partial charge in [-0.25, -0.2) is 4.79 Å². The molecule has 104 valence electrons. The van der Waals surface area contributed by atoms with Gasteiger partial charge in [0.15, 0.2) is 11.5 Å². The van der Waals surface area contributed by atoms with Crippen LogP contribution in [0.1, 0.15) is 17.3 Å². The molecule has 0 bridgehead atoms. The van der Waals surface area contributed by atoms with Crippen LogP contribution in [-0.4, -0.2) is 29.1 Å². The van der Waals surface area contributed by atoms with Crippen molar-refractivity contribution in [2.24, 2.45) is 0 Å². The maximum atomic E-state index is 12.2. The number of benzene rings is 1. The van der Waals surface area contributed by atoms with E-state index in [1.54, 1.807) is 6.07 Å². The number of carboxylic acids is 1. The molecule has 7 nitrogen and oxygen atoms in total. The van der Waals surface area contributed by atoms with E-state index in [1.807, 2.05) is 6.92 Å². The lowest BCUT2D eigenvalue weighted by Crippen LogP contribution is -2.23. The van der Waals surface area contributed by atoms with Crippen molar-refractivity contribution < 1.29 is 19.4 Å². The lowest BCUT2D eigenvalue weighted by Gasteiger charge is -2.13. The minimum absolute atomic E-state index is 0.0901. The minimum atomic E-state index is -1.26. The second-order valence-electron chi connectivity index (χ2n) is 4.28. The van der Waals surface area contributed by atoms with Crippen LogP contribution in [0.5, 0.6) is 11.5 Å². The van der Waals surface area contributed by atoms with E-state index in [0.29, 0.717) is 23.6 Å². The zero-order chi connectivity index (χ0) is 14.3. The van der Waals surface area contributed by atoms with Crippen molar-refractivity contribution in [2.45, 2.75) is 6.92 Å². The Balaban J connectivity index is 2.38. The number of fused-ring (bicyclic) bond motifs is 2. The Bertz CT molecular complexity index is 765. The van der Waals surface area contributed by atoms with Crippen LogP contribution in [-0.2, 0) is 0 Å². The minimum Gasteiger partial charge on any atom is -0.477 e. The van der Waals surface area contributed by atoms with Gasteiger partial charge in [-0.2, -0.15) is 0 Å². The quantitative estimate of drug-likeness (QED) is 0.869. The Kier molecular flexibility index (Phi) is 2.74. The van der Waals surface area contributed by atoms with Crippen molar-refractivity contribution in [1.29, 1.82) is 0 Å². The molecule has 7 heteroatoms. The topological polar surface area (TPSA) is 89.8 Å². The van der Waals surface area contributed by atoms with Crippen molar-refractivity contribution in [3.63, 3.8) is 0 Å². The summed E-state index contributed by atoms with van der Waals surface area (Å²) in [6, 6.07) is 3.17. The molecule has 1 aliphatic rings.